The summed E-state index contributed by atoms with van der Waals surface area (Å²) in [7, 11) is 0. The molecule has 5 nitrogen and oxygen atoms in total. The van der Waals surface area contributed by atoms with Gasteiger partial charge in [0.05, 0.1) is 5.58 Å². The van der Waals surface area contributed by atoms with Crippen LogP contribution in [0.3, 0.4) is 0 Å². The van der Waals surface area contributed by atoms with E-state index < -0.39 is 0 Å². The molecule has 0 saturated heterocycles. The number of rotatable bonds is 9. The summed E-state index contributed by atoms with van der Waals surface area (Å²) >= 11 is 0. The van der Waals surface area contributed by atoms with Crippen LogP contribution in [0.5, 0.6) is 0 Å². The van der Waals surface area contributed by atoms with E-state index in [1.807, 2.05) is 92.2 Å². The third kappa shape index (κ3) is 8.38. The zero-order chi connectivity index (χ0) is 45.4. The van der Waals surface area contributed by atoms with Gasteiger partial charge in [0.1, 0.15) is 0 Å². The molecule has 0 amide bonds. The molecule has 0 bridgehead atoms. The number of aromatic nitrogens is 4. The van der Waals surface area contributed by atoms with Crippen LogP contribution in [0.2, 0.25) is 0 Å². The van der Waals surface area contributed by atoms with Crippen LogP contribution in [-0.2, 0) is 20.1 Å². The molecule has 7 aromatic carbocycles. The van der Waals surface area contributed by atoms with Gasteiger partial charge < -0.3 is 19.4 Å². The molecule has 5 heterocycles. The summed E-state index contributed by atoms with van der Waals surface area (Å²) in [6, 6.07) is 79.3. The summed E-state index contributed by atoms with van der Waals surface area (Å²) in [5.41, 5.74) is 20.4. The summed E-state index contributed by atoms with van der Waals surface area (Å²) in [5.74, 6) is 0. The molecule has 12 aromatic rings. The molecule has 0 fully saturated rings. The van der Waals surface area contributed by atoms with Crippen molar-refractivity contribution in [3.63, 3.8) is 0 Å². The Bertz CT molecular complexity index is 3630. The molecule has 326 valence electrons. The minimum Gasteiger partial charge on any atom is -0.486 e. The van der Waals surface area contributed by atoms with Crippen LogP contribution in [0.15, 0.2) is 223 Å². The molecule has 0 aliphatic heterocycles. The summed E-state index contributed by atoms with van der Waals surface area (Å²) in [6.45, 7) is 1.97. The molecule has 0 saturated carbocycles. The van der Waals surface area contributed by atoms with Gasteiger partial charge in [-0.25, -0.2) is 4.98 Å². The minimum absolute atomic E-state index is 0. The fraction of sp³-hybridized carbons (Fsp3) is 0.0159. The summed E-state index contributed by atoms with van der Waals surface area (Å²) in [4.78, 5) is 19.5. The standard InChI is InChI=1S/C63H39N4O.Ir/c1-41-27-31-57-56-25-14-26-58(62(56)68-63(57)67-41)61-34-30-46(40-66-61)52-21-10-13-24-55(52)49-36-47(53-22-11-8-19-50(53)44-28-32-59(64-38-44)42-15-4-2-5-16-42)35-48(37-49)54-23-12-9-20-51(54)45-29-33-60(65-39-45)43-17-6-3-7-18-43;/h2-15,17,19-25,27-40H,1H3;/q-3;+3. The molecule has 69 heavy (non-hydrogen) atoms. The zero-order valence-corrected chi connectivity index (χ0v) is 39.7. The number of hydrogen-bond donors (Lipinski definition) is 0. The fourth-order valence-electron chi connectivity index (χ4n) is 9.19. The summed E-state index contributed by atoms with van der Waals surface area (Å²) < 4.78 is 6.33. The van der Waals surface area contributed by atoms with Crippen LogP contribution in [0, 0.1) is 25.1 Å². The van der Waals surface area contributed by atoms with E-state index in [4.69, 9.17) is 19.4 Å². The third-order valence-electron chi connectivity index (χ3n) is 12.5. The average molecular weight is 1060 g/mol. The van der Waals surface area contributed by atoms with E-state index in [9.17, 15) is 0 Å². The maximum atomic E-state index is 6.33. The van der Waals surface area contributed by atoms with Crippen molar-refractivity contribution in [2.24, 2.45) is 0 Å². The van der Waals surface area contributed by atoms with Crippen molar-refractivity contribution < 1.29 is 24.5 Å². The van der Waals surface area contributed by atoms with Crippen molar-refractivity contribution in [3.8, 4) is 101 Å². The topological polar surface area (TPSA) is 64.7 Å². The Morgan fingerprint density at radius 2 is 0.812 bits per heavy atom. The van der Waals surface area contributed by atoms with Gasteiger partial charge >= 0.3 is 20.1 Å². The average Bonchev–Trinajstić information content (AvgIpc) is 3.79. The third-order valence-corrected chi connectivity index (χ3v) is 12.5. The van der Waals surface area contributed by atoms with Gasteiger partial charge in [0.2, 0.25) is 5.71 Å². The molecular weight excluding hydrogens is 1020 g/mol. The maximum absolute atomic E-state index is 6.33. The van der Waals surface area contributed by atoms with Crippen molar-refractivity contribution in [1.82, 2.24) is 19.9 Å². The molecule has 0 atom stereocenters. The first kappa shape index (κ1) is 43.2. The van der Waals surface area contributed by atoms with Gasteiger partial charge in [0.25, 0.3) is 0 Å². The molecule has 12 rings (SSSR count). The number of aryl methyl sites for hydroxylation is 1. The second kappa shape index (κ2) is 18.7. The van der Waals surface area contributed by atoms with Crippen LogP contribution < -0.4 is 0 Å². The summed E-state index contributed by atoms with van der Waals surface area (Å²) in [6.07, 6.45) is 5.89. The number of hydrogen-bond acceptors (Lipinski definition) is 5. The van der Waals surface area contributed by atoms with Crippen LogP contribution in [0.25, 0.3) is 123 Å². The van der Waals surface area contributed by atoms with E-state index in [2.05, 4.69) is 157 Å². The first-order chi connectivity index (χ1) is 33.6. The van der Waals surface area contributed by atoms with Crippen molar-refractivity contribution in [2.45, 2.75) is 6.92 Å². The predicted molar refractivity (Wildman–Crippen MR) is 275 cm³/mol. The minimum atomic E-state index is 0. The van der Waals surface area contributed by atoms with E-state index in [1.54, 1.807) is 0 Å². The Morgan fingerprint density at radius 3 is 1.23 bits per heavy atom. The van der Waals surface area contributed by atoms with Gasteiger partial charge in [0, 0.05) is 29.7 Å². The number of benzene rings is 7. The van der Waals surface area contributed by atoms with Crippen LogP contribution in [0.4, 0.5) is 0 Å². The largest absolute Gasteiger partial charge is 3.00 e. The van der Waals surface area contributed by atoms with Gasteiger partial charge in [-0.3, -0.25) is 0 Å². The Labute approximate surface area is 414 Å². The maximum Gasteiger partial charge on any atom is 3.00 e. The van der Waals surface area contributed by atoms with Crippen molar-refractivity contribution in [3.05, 3.63) is 243 Å². The van der Waals surface area contributed by atoms with Crippen LogP contribution >= 0.6 is 0 Å². The molecule has 0 radical (unpaired) electrons. The normalized spacial score (nSPS) is 11.1. The molecular formula is C63H39IrN4O. The Hall–Kier alpha value is -8.41. The second-order valence-corrected chi connectivity index (χ2v) is 16.8. The van der Waals surface area contributed by atoms with Crippen LogP contribution in [-0.4, -0.2) is 19.9 Å². The second-order valence-electron chi connectivity index (χ2n) is 16.8. The predicted octanol–water partition coefficient (Wildman–Crippen LogP) is 15.9. The van der Waals surface area contributed by atoms with Crippen molar-refractivity contribution >= 4 is 22.1 Å². The summed E-state index contributed by atoms with van der Waals surface area (Å²) in [5, 5.41) is 1.97. The van der Waals surface area contributed by atoms with Crippen molar-refractivity contribution in [2.75, 3.05) is 0 Å². The van der Waals surface area contributed by atoms with Gasteiger partial charge in [-0.1, -0.05) is 120 Å². The number of nitrogens with zero attached hydrogens (tertiary/aromatic N) is 4. The Morgan fingerprint density at radius 1 is 0.377 bits per heavy atom. The van der Waals surface area contributed by atoms with Gasteiger partial charge in [-0.2, -0.15) is 0 Å². The fourth-order valence-corrected chi connectivity index (χ4v) is 9.19. The number of pyridine rings is 4. The molecule has 0 aliphatic carbocycles. The molecule has 0 spiro atoms. The van der Waals surface area contributed by atoms with Gasteiger partial charge in [0.15, 0.2) is 0 Å². The van der Waals surface area contributed by atoms with E-state index in [-0.39, 0.29) is 20.1 Å². The first-order valence-electron chi connectivity index (χ1n) is 22.6. The Balaban J connectivity index is 0.00000520. The van der Waals surface area contributed by atoms with E-state index in [0.29, 0.717) is 5.71 Å². The van der Waals surface area contributed by atoms with Crippen molar-refractivity contribution in [1.29, 1.82) is 0 Å². The smallest absolute Gasteiger partial charge is 0.486 e. The molecule has 0 aliphatic rings. The molecule has 6 heteroatoms. The van der Waals surface area contributed by atoms with Crippen LogP contribution in [0.1, 0.15) is 5.69 Å². The van der Waals surface area contributed by atoms with E-state index in [0.717, 1.165) is 123 Å². The monoisotopic (exact) mass is 1060 g/mol. The first-order valence-corrected chi connectivity index (χ1v) is 22.6. The molecule has 5 aromatic heterocycles. The SMILES string of the molecule is Cc1ccc2c(n1)oc1c(-c3ccc(-c4ccccc4-c4cc(-c5ccccc5-c5ccc(-c6[c-]cccc6)nc5)cc(-c5ccccc5-c5ccc(-c6[c-]cccc6)nc5)c4)cn3)[c-]ccc12.[Ir+3]. The van der Waals surface area contributed by atoms with E-state index in [1.165, 1.54) is 0 Å². The van der Waals surface area contributed by atoms with Gasteiger partial charge in [-0.05, 0) is 121 Å². The van der Waals surface area contributed by atoms with E-state index >= 15 is 0 Å². The number of fused-ring (bicyclic) bond motifs is 3. The quantitative estimate of drug-likeness (QED) is 0.135. The van der Waals surface area contributed by atoms with Gasteiger partial charge in [-0.15, -0.1) is 90.0 Å². The zero-order valence-electron chi connectivity index (χ0n) is 37.3. The molecule has 0 unspecified atom stereocenters. The number of furan rings is 1. The Kier molecular flexibility index (Phi) is 11.7. The molecule has 0 N–H and O–H groups in total.